The lowest BCUT2D eigenvalue weighted by molar-refractivity contribution is 0.0788. The Balaban J connectivity index is 0.00000225. The zero-order valence-corrected chi connectivity index (χ0v) is 15.7. The number of hydrogen-bond acceptors (Lipinski definition) is 4. The van der Waals surface area contributed by atoms with E-state index in [9.17, 15) is 9.59 Å². The Morgan fingerprint density at radius 1 is 1.28 bits per heavy atom. The fourth-order valence-electron chi connectivity index (χ4n) is 3.01. The third-order valence-electron chi connectivity index (χ3n) is 4.25. The first-order chi connectivity index (χ1) is 11.7. The Morgan fingerprint density at radius 3 is 2.80 bits per heavy atom. The summed E-state index contributed by atoms with van der Waals surface area (Å²) in [5.41, 5.74) is 1.72. The molecule has 1 unspecified atom stereocenters. The van der Waals surface area contributed by atoms with Crippen molar-refractivity contribution in [3.63, 3.8) is 0 Å². The van der Waals surface area contributed by atoms with Crippen LogP contribution in [0.5, 0.6) is 0 Å². The highest BCUT2D eigenvalue weighted by atomic mass is 35.5. The van der Waals surface area contributed by atoms with E-state index in [0.717, 1.165) is 26.1 Å². The van der Waals surface area contributed by atoms with E-state index < -0.39 is 0 Å². The number of rotatable bonds is 5. The van der Waals surface area contributed by atoms with Gasteiger partial charge < -0.3 is 15.5 Å². The summed E-state index contributed by atoms with van der Waals surface area (Å²) in [7, 11) is 1.93. The average molecular weight is 380 g/mol. The van der Waals surface area contributed by atoms with Crippen LogP contribution in [0.25, 0.3) is 0 Å². The fourth-order valence-corrected chi connectivity index (χ4v) is 3.65. The van der Waals surface area contributed by atoms with E-state index in [4.69, 9.17) is 0 Å². The van der Waals surface area contributed by atoms with Crippen LogP contribution in [-0.2, 0) is 0 Å². The predicted octanol–water partition coefficient (Wildman–Crippen LogP) is 3.10. The molecule has 1 aromatic heterocycles. The highest BCUT2D eigenvalue weighted by Crippen LogP contribution is 2.23. The van der Waals surface area contributed by atoms with Gasteiger partial charge in [-0.3, -0.25) is 9.59 Å². The molecule has 1 aliphatic heterocycles. The van der Waals surface area contributed by atoms with E-state index in [1.807, 2.05) is 29.5 Å². The van der Waals surface area contributed by atoms with Gasteiger partial charge in [-0.25, -0.2) is 0 Å². The number of para-hydroxylation sites is 1. The van der Waals surface area contributed by atoms with Crippen molar-refractivity contribution in [2.75, 3.05) is 32.0 Å². The maximum absolute atomic E-state index is 12.8. The first-order valence-corrected chi connectivity index (χ1v) is 8.99. The minimum atomic E-state index is -0.189. The first kappa shape index (κ1) is 19.4. The fraction of sp³-hybridized carbons (Fsp3) is 0.333. The van der Waals surface area contributed by atoms with Crippen molar-refractivity contribution in [1.82, 2.24) is 10.2 Å². The third-order valence-corrected chi connectivity index (χ3v) is 4.94. The summed E-state index contributed by atoms with van der Waals surface area (Å²) >= 11 is 1.47. The lowest BCUT2D eigenvalue weighted by Crippen LogP contribution is -2.31. The molecule has 2 N–H and O–H groups in total. The molecule has 3 rings (SSSR count). The Labute approximate surface area is 157 Å². The number of carbonyl (C=O) groups is 2. The molecule has 2 heterocycles. The normalized spacial score (nSPS) is 16.4. The van der Waals surface area contributed by atoms with Crippen LogP contribution in [0.1, 0.15) is 27.1 Å². The zero-order chi connectivity index (χ0) is 16.9. The van der Waals surface area contributed by atoms with Crippen molar-refractivity contribution in [1.29, 1.82) is 0 Å². The number of amides is 2. The van der Waals surface area contributed by atoms with Gasteiger partial charge in [0.2, 0.25) is 0 Å². The number of nitrogens with zero attached hydrogens (tertiary/aromatic N) is 1. The highest BCUT2D eigenvalue weighted by molar-refractivity contribution is 7.08. The zero-order valence-electron chi connectivity index (χ0n) is 14.0. The van der Waals surface area contributed by atoms with Crippen molar-refractivity contribution in [2.45, 2.75) is 6.42 Å². The van der Waals surface area contributed by atoms with Gasteiger partial charge in [0.05, 0.1) is 16.8 Å². The van der Waals surface area contributed by atoms with Crippen LogP contribution < -0.4 is 10.6 Å². The smallest absolute Gasteiger partial charge is 0.256 e. The second-order valence-corrected chi connectivity index (χ2v) is 6.76. The van der Waals surface area contributed by atoms with Gasteiger partial charge in [0.1, 0.15) is 0 Å². The molecule has 134 valence electrons. The number of likely N-dealkylation sites (tertiary alicyclic amines) is 1. The molecule has 0 bridgehead atoms. The molecule has 2 aromatic rings. The molecule has 7 heteroatoms. The van der Waals surface area contributed by atoms with E-state index in [2.05, 4.69) is 10.6 Å². The summed E-state index contributed by atoms with van der Waals surface area (Å²) < 4.78 is 0. The van der Waals surface area contributed by atoms with Crippen molar-refractivity contribution in [2.24, 2.45) is 5.92 Å². The summed E-state index contributed by atoms with van der Waals surface area (Å²) in [4.78, 5) is 27.0. The minimum absolute atomic E-state index is 0. The number of carbonyl (C=O) groups excluding carboxylic acids is 2. The highest BCUT2D eigenvalue weighted by Gasteiger charge is 2.27. The lowest BCUT2D eigenvalue weighted by atomic mass is 10.1. The molecule has 1 aliphatic rings. The van der Waals surface area contributed by atoms with Crippen molar-refractivity contribution >= 4 is 41.2 Å². The quantitative estimate of drug-likeness (QED) is 0.839. The van der Waals surface area contributed by atoms with Crippen molar-refractivity contribution in [3.8, 4) is 0 Å². The van der Waals surface area contributed by atoms with E-state index >= 15 is 0 Å². The minimum Gasteiger partial charge on any atom is -0.338 e. The molecule has 1 aromatic carbocycles. The molecule has 1 saturated heterocycles. The van der Waals surface area contributed by atoms with E-state index in [1.165, 1.54) is 11.3 Å². The molecule has 0 spiro atoms. The number of hydrogen-bond donors (Lipinski definition) is 2. The SMILES string of the molecule is CNCC1CCN(C(=O)c2ccccc2NC(=O)c2ccsc2)C1.Cl. The molecule has 0 aliphatic carbocycles. The van der Waals surface area contributed by atoms with E-state index in [1.54, 1.807) is 23.6 Å². The van der Waals surface area contributed by atoms with Gasteiger partial charge in [-0.2, -0.15) is 11.3 Å². The lowest BCUT2D eigenvalue weighted by Gasteiger charge is -2.19. The third kappa shape index (κ3) is 4.60. The Kier molecular flexibility index (Phi) is 6.99. The number of benzene rings is 1. The summed E-state index contributed by atoms with van der Waals surface area (Å²) in [6, 6.07) is 8.98. The summed E-state index contributed by atoms with van der Waals surface area (Å²) in [6.07, 6.45) is 1.01. The molecule has 1 atom stereocenters. The van der Waals surface area contributed by atoms with E-state index in [-0.39, 0.29) is 24.2 Å². The van der Waals surface area contributed by atoms with Crippen LogP contribution in [0.2, 0.25) is 0 Å². The average Bonchev–Trinajstić information content (AvgIpc) is 3.27. The van der Waals surface area contributed by atoms with Gasteiger partial charge in [0, 0.05) is 18.5 Å². The second-order valence-electron chi connectivity index (χ2n) is 5.98. The van der Waals surface area contributed by atoms with Gasteiger partial charge in [0.25, 0.3) is 11.8 Å². The van der Waals surface area contributed by atoms with E-state index in [0.29, 0.717) is 22.7 Å². The molecule has 25 heavy (non-hydrogen) atoms. The number of thiophene rings is 1. The number of anilines is 1. The second kappa shape index (κ2) is 8.99. The molecular weight excluding hydrogens is 358 g/mol. The van der Waals surface area contributed by atoms with Gasteiger partial charge in [-0.05, 0) is 49.5 Å². The maximum atomic E-state index is 12.8. The number of halogens is 1. The largest absolute Gasteiger partial charge is 0.338 e. The predicted molar refractivity (Wildman–Crippen MR) is 104 cm³/mol. The maximum Gasteiger partial charge on any atom is 0.256 e. The summed E-state index contributed by atoms with van der Waals surface area (Å²) in [6.45, 7) is 2.44. The standard InChI is InChI=1S/C18H21N3O2S.ClH/c1-19-10-13-6-8-21(11-13)18(23)15-4-2-3-5-16(15)20-17(22)14-7-9-24-12-14;/h2-5,7,9,12-13,19H,6,8,10-11H2,1H3,(H,20,22);1H. The Morgan fingerprint density at radius 2 is 2.08 bits per heavy atom. The van der Waals surface area contributed by atoms with Crippen LogP contribution in [-0.4, -0.2) is 43.4 Å². The number of nitrogens with one attached hydrogen (secondary N) is 2. The topological polar surface area (TPSA) is 61.4 Å². The van der Waals surface area contributed by atoms with Crippen LogP contribution in [0.4, 0.5) is 5.69 Å². The van der Waals surface area contributed by atoms with Gasteiger partial charge >= 0.3 is 0 Å². The van der Waals surface area contributed by atoms with Gasteiger partial charge in [-0.15, -0.1) is 12.4 Å². The Bertz CT molecular complexity index is 721. The molecule has 1 fully saturated rings. The molecule has 2 amide bonds. The van der Waals surface area contributed by atoms with Crippen LogP contribution >= 0.6 is 23.7 Å². The molecule has 0 radical (unpaired) electrons. The van der Waals surface area contributed by atoms with Crippen LogP contribution in [0.3, 0.4) is 0 Å². The summed E-state index contributed by atoms with van der Waals surface area (Å²) in [5.74, 6) is 0.285. The van der Waals surface area contributed by atoms with Crippen LogP contribution in [0, 0.1) is 5.92 Å². The molecular formula is C18H22ClN3O2S. The van der Waals surface area contributed by atoms with Gasteiger partial charge in [0.15, 0.2) is 0 Å². The Hall–Kier alpha value is -1.89. The first-order valence-electron chi connectivity index (χ1n) is 8.05. The molecule has 0 saturated carbocycles. The van der Waals surface area contributed by atoms with Crippen molar-refractivity contribution < 1.29 is 9.59 Å². The summed E-state index contributed by atoms with van der Waals surface area (Å²) in [5, 5.41) is 9.68. The monoisotopic (exact) mass is 379 g/mol. The van der Waals surface area contributed by atoms with Crippen LogP contribution in [0.15, 0.2) is 41.1 Å². The van der Waals surface area contributed by atoms with Crippen molar-refractivity contribution in [3.05, 3.63) is 52.2 Å². The van der Waals surface area contributed by atoms with Gasteiger partial charge in [-0.1, -0.05) is 12.1 Å². The molecule has 5 nitrogen and oxygen atoms in total.